The molecule has 1 heteroatoms. The molecule has 0 amide bonds. The lowest BCUT2D eigenvalue weighted by Crippen LogP contribution is -2.08. The van der Waals surface area contributed by atoms with E-state index in [1.165, 1.54) is 0 Å². The molecule has 0 bridgehead atoms. The Morgan fingerprint density at radius 1 is 1.56 bits per heavy atom. The van der Waals surface area contributed by atoms with Gasteiger partial charge in [0.05, 0.1) is 0 Å². The molecule has 0 aliphatic heterocycles. The van der Waals surface area contributed by atoms with Crippen LogP contribution in [0.5, 0.6) is 0 Å². The van der Waals surface area contributed by atoms with Crippen LogP contribution in [0.25, 0.3) is 0 Å². The smallest absolute Gasteiger partial charge is 0.0257 e. The molecule has 0 heterocycles. The highest BCUT2D eigenvalue weighted by molar-refractivity contribution is 6.18. The summed E-state index contributed by atoms with van der Waals surface area (Å²) in [5.41, 5.74) is 0. The first-order valence-corrected chi connectivity index (χ1v) is 3.92. The zero-order valence-electron chi connectivity index (χ0n) is 6.23. The maximum absolute atomic E-state index is 5.69. The molecule has 0 aromatic rings. The Balaban J connectivity index is 3.53. The van der Waals surface area contributed by atoms with Crippen molar-refractivity contribution in [1.82, 2.24) is 0 Å². The van der Waals surface area contributed by atoms with Gasteiger partial charge in [-0.3, -0.25) is 0 Å². The summed E-state index contributed by atoms with van der Waals surface area (Å²) >= 11 is 5.69. The summed E-state index contributed by atoms with van der Waals surface area (Å²) in [6, 6.07) is 0. The predicted octanol–water partition coefficient (Wildman–Crippen LogP) is 3.07. The van der Waals surface area contributed by atoms with Crippen LogP contribution in [0.15, 0.2) is 12.7 Å². The largest absolute Gasteiger partial charge is 0.126 e. The van der Waals surface area contributed by atoms with E-state index in [0.29, 0.717) is 11.8 Å². The average Bonchev–Trinajstić information content (AvgIpc) is 1.82. The van der Waals surface area contributed by atoms with E-state index < -0.39 is 0 Å². The van der Waals surface area contributed by atoms with Gasteiger partial charge in [-0.2, -0.15) is 0 Å². The van der Waals surface area contributed by atoms with Crippen molar-refractivity contribution in [2.75, 3.05) is 5.88 Å². The highest BCUT2D eigenvalue weighted by Crippen LogP contribution is 2.16. The maximum Gasteiger partial charge on any atom is 0.0257 e. The molecule has 54 valence electrons. The highest BCUT2D eigenvalue weighted by atomic mass is 35.5. The molecule has 0 aromatic carbocycles. The van der Waals surface area contributed by atoms with Crippen molar-refractivity contribution in [1.29, 1.82) is 0 Å². The minimum Gasteiger partial charge on any atom is -0.126 e. The van der Waals surface area contributed by atoms with E-state index >= 15 is 0 Å². The molecule has 0 spiro atoms. The molecule has 0 rings (SSSR count). The quantitative estimate of drug-likeness (QED) is 0.423. The van der Waals surface area contributed by atoms with Crippen LogP contribution in [-0.4, -0.2) is 5.88 Å². The van der Waals surface area contributed by atoms with Gasteiger partial charge in [-0.15, -0.1) is 18.2 Å². The van der Waals surface area contributed by atoms with Crippen LogP contribution in [-0.2, 0) is 0 Å². The molecule has 1 atom stereocenters. The summed E-state index contributed by atoms with van der Waals surface area (Å²) in [5, 5.41) is 0. The average molecular weight is 147 g/mol. The summed E-state index contributed by atoms with van der Waals surface area (Å²) in [4.78, 5) is 0. The molecular weight excluding hydrogens is 132 g/mol. The van der Waals surface area contributed by atoms with E-state index in [2.05, 4.69) is 20.4 Å². The van der Waals surface area contributed by atoms with Crippen molar-refractivity contribution in [2.24, 2.45) is 11.8 Å². The zero-order chi connectivity index (χ0) is 7.28. The van der Waals surface area contributed by atoms with Crippen LogP contribution in [0.3, 0.4) is 0 Å². The molecule has 0 saturated heterocycles. The highest BCUT2D eigenvalue weighted by Gasteiger charge is 2.08. The van der Waals surface area contributed by atoms with E-state index in [-0.39, 0.29) is 0 Å². The van der Waals surface area contributed by atoms with Gasteiger partial charge in [0.2, 0.25) is 0 Å². The molecule has 0 saturated carbocycles. The van der Waals surface area contributed by atoms with Crippen molar-refractivity contribution in [3.05, 3.63) is 12.7 Å². The van der Waals surface area contributed by atoms with E-state index in [0.717, 1.165) is 12.3 Å². The maximum atomic E-state index is 5.69. The van der Waals surface area contributed by atoms with Crippen LogP contribution in [0.1, 0.15) is 20.3 Å². The lowest BCUT2D eigenvalue weighted by molar-refractivity contribution is 0.429. The number of allylic oxidation sites excluding steroid dienone is 1. The predicted molar refractivity (Wildman–Crippen MR) is 43.9 cm³/mol. The molecule has 9 heavy (non-hydrogen) atoms. The van der Waals surface area contributed by atoms with Crippen LogP contribution >= 0.6 is 11.6 Å². The lowest BCUT2D eigenvalue weighted by atomic mass is 9.95. The van der Waals surface area contributed by atoms with Crippen LogP contribution < -0.4 is 0 Å². The van der Waals surface area contributed by atoms with Crippen molar-refractivity contribution < 1.29 is 0 Å². The van der Waals surface area contributed by atoms with Crippen molar-refractivity contribution in [3.8, 4) is 0 Å². The minimum absolute atomic E-state index is 0.615. The van der Waals surface area contributed by atoms with Gasteiger partial charge in [-0.1, -0.05) is 19.9 Å². The monoisotopic (exact) mass is 146 g/mol. The third kappa shape index (κ3) is 3.58. The van der Waals surface area contributed by atoms with Crippen molar-refractivity contribution >= 4 is 11.6 Å². The topological polar surface area (TPSA) is 0 Å². The third-order valence-electron chi connectivity index (χ3n) is 1.61. The number of halogens is 1. The molecule has 0 nitrogen and oxygen atoms in total. The molecule has 0 aliphatic rings. The van der Waals surface area contributed by atoms with Crippen LogP contribution in [0.2, 0.25) is 0 Å². The standard InChI is InChI=1S/C8H15Cl/c1-4-5-8(6-9)7(2)3/h4,7-8H,1,5-6H2,2-3H3. The van der Waals surface area contributed by atoms with Gasteiger partial charge in [0, 0.05) is 5.88 Å². The van der Waals surface area contributed by atoms with Crippen molar-refractivity contribution in [3.63, 3.8) is 0 Å². The fourth-order valence-electron chi connectivity index (χ4n) is 0.727. The van der Waals surface area contributed by atoms with E-state index in [9.17, 15) is 0 Å². The molecule has 1 unspecified atom stereocenters. The summed E-state index contributed by atoms with van der Waals surface area (Å²) in [7, 11) is 0. The third-order valence-corrected chi connectivity index (χ3v) is 2.01. The first-order valence-electron chi connectivity index (χ1n) is 3.39. The SMILES string of the molecule is C=CCC(CCl)C(C)C. The number of hydrogen-bond acceptors (Lipinski definition) is 0. The van der Waals surface area contributed by atoms with Crippen LogP contribution in [0.4, 0.5) is 0 Å². The van der Waals surface area contributed by atoms with Gasteiger partial charge in [0.1, 0.15) is 0 Å². The Hall–Kier alpha value is 0.0300. The van der Waals surface area contributed by atoms with Gasteiger partial charge in [-0.05, 0) is 18.3 Å². The van der Waals surface area contributed by atoms with E-state index in [1.807, 2.05) is 6.08 Å². The summed E-state index contributed by atoms with van der Waals surface area (Å²) in [5.74, 6) is 2.05. The second kappa shape index (κ2) is 4.87. The molecule has 0 aromatic heterocycles. The molecule has 0 fully saturated rings. The second-order valence-corrected chi connectivity index (χ2v) is 2.99. The summed E-state index contributed by atoms with van der Waals surface area (Å²) in [6.07, 6.45) is 2.98. The number of alkyl halides is 1. The van der Waals surface area contributed by atoms with Gasteiger partial charge < -0.3 is 0 Å². The molecular formula is C8H15Cl. The number of hydrogen-bond donors (Lipinski definition) is 0. The van der Waals surface area contributed by atoms with E-state index in [4.69, 9.17) is 11.6 Å². The van der Waals surface area contributed by atoms with Gasteiger partial charge in [-0.25, -0.2) is 0 Å². The minimum atomic E-state index is 0.615. The lowest BCUT2D eigenvalue weighted by Gasteiger charge is -2.14. The molecule has 0 radical (unpaired) electrons. The fourth-order valence-corrected chi connectivity index (χ4v) is 1.21. The Kier molecular flexibility index (Phi) is 4.88. The Bertz CT molecular complexity index is 76.6. The molecule has 0 N–H and O–H groups in total. The Morgan fingerprint density at radius 2 is 2.11 bits per heavy atom. The Labute approximate surface area is 62.9 Å². The first kappa shape index (κ1) is 9.03. The normalized spacial score (nSPS) is 13.8. The van der Waals surface area contributed by atoms with Crippen molar-refractivity contribution in [2.45, 2.75) is 20.3 Å². The zero-order valence-corrected chi connectivity index (χ0v) is 6.99. The fraction of sp³-hybridized carbons (Fsp3) is 0.750. The van der Waals surface area contributed by atoms with Gasteiger partial charge in [0.25, 0.3) is 0 Å². The number of rotatable bonds is 4. The summed E-state index contributed by atoms with van der Waals surface area (Å²) in [6.45, 7) is 8.05. The van der Waals surface area contributed by atoms with E-state index in [1.54, 1.807) is 0 Å². The van der Waals surface area contributed by atoms with Gasteiger partial charge >= 0.3 is 0 Å². The van der Waals surface area contributed by atoms with Gasteiger partial charge in [0.15, 0.2) is 0 Å². The van der Waals surface area contributed by atoms with Crippen LogP contribution in [0, 0.1) is 11.8 Å². The second-order valence-electron chi connectivity index (χ2n) is 2.68. The summed E-state index contributed by atoms with van der Waals surface area (Å²) < 4.78 is 0. The molecule has 0 aliphatic carbocycles. The first-order chi connectivity index (χ1) is 4.22. The Morgan fingerprint density at radius 3 is 2.22 bits per heavy atom.